The van der Waals surface area contributed by atoms with Crippen molar-refractivity contribution in [3.05, 3.63) is 24.2 Å². The van der Waals surface area contributed by atoms with Crippen LogP contribution in [-0.4, -0.2) is 34.6 Å². The maximum absolute atomic E-state index is 12.0. The van der Waals surface area contributed by atoms with Crippen LogP contribution in [-0.2, 0) is 11.3 Å². The minimum Gasteiger partial charge on any atom is -0.481 e. The number of hydrogen-bond acceptors (Lipinski definition) is 3. The fourth-order valence-corrected chi connectivity index (χ4v) is 1.67. The Kier molecular flexibility index (Phi) is 5.92. The molecule has 0 atom stereocenters. The van der Waals surface area contributed by atoms with Gasteiger partial charge < -0.3 is 19.7 Å². The Morgan fingerprint density at radius 2 is 2.21 bits per heavy atom. The first-order valence-electron chi connectivity index (χ1n) is 6.29. The van der Waals surface area contributed by atoms with Gasteiger partial charge in [-0.05, 0) is 32.4 Å². The molecule has 6 heteroatoms. The Labute approximate surface area is 112 Å². The zero-order chi connectivity index (χ0) is 14.3. The average molecular weight is 268 g/mol. The number of furan rings is 1. The molecule has 1 aromatic rings. The van der Waals surface area contributed by atoms with E-state index in [-0.39, 0.29) is 18.5 Å². The summed E-state index contributed by atoms with van der Waals surface area (Å²) in [6.07, 6.45) is 2.06. The monoisotopic (exact) mass is 268 g/mol. The molecule has 0 fully saturated rings. The number of nitrogens with one attached hydrogen (secondary N) is 1. The molecule has 0 unspecified atom stereocenters. The molecule has 1 heterocycles. The third kappa shape index (κ3) is 5.46. The number of nitrogens with zero attached hydrogens (tertiary/aromatic N) is 1. The lowest BCUT2D eigenvalue weighted by Gasteiger charge is -2.26. The lowest BCUT2D eigenvalue weighted by atomic mass is 10.2. The first-order chi connectivity index (χ1) is 9.00. The minimum absolute atomic E-state index is 0.0189. The van der Waals surface area contributed by atoms with Gasteiger partial charge >= 0.3 is 12.0 Å². The van der Waals surface area contributed by atoms with Gasteiger partial charge in [-0.15, -0.1) is 0 Å². The van der Waals surface area contributed by atoms with E-state index in [1.54, 1.807) is 23.3 Å². The van der Waals surface area contributed by atoms with Crippen molar-refractivity contribution in [3.8, 4) is 0 Å². The molecule has 0 aromatic carbocycles. The van der Waals surface area contributed by atoms with Crippen molar-refractivity contribution in [2.75, 3.05) is 6.54 Å². The van der Waals surface area contributed by atoms with Crippen LogP contribution >= 0.6 is 0 Å². The normalized spacial score (nSPS) is 10.5. The van der Waals surface area contributed by atoms with Gasteiger partial charge in [0.2, 0.25) is 0 Å². The molecule has 0 aliphatic heterocycles. The van der Waals surface area contributed by atoms with Crippen LogP contribution in [0.15, 0.2) is 22.8 Å². The van der Waals surface area contributed by atoms with E-state index in [1.165, 1.54) is 0 Å². The zero-order valence-corrected chi connectivity index (χ0v) is 11.3. The van der Waals surface area contributed by atoms with Gasteiger partial charge in [0.25, 0.3) is 0 Å². The summed E-state index contributed by atoms with van der Waals surface area (Å²) in [5.41, 5.74) is 0. The number of carbonyl (C=O) groups excluding carboxylic acids is 1. The van der Waals surface area contributed by atoms with Crippen molar-refractivity contribution in [2.24, 2.45) is 0 Å². The molecule has 0 saturated heterocycles. The molecular formula is C13H20N2O4. The standard InChI is InChI=1S/C13H20N2O4/c1-10(2)15(7-3-6-12(16)17)13(18)14-9-11-5-4-8-19-11/h4-5,8,10H,3,6-7,9H2,1-2H3,(H,14,18)(H,16,17). The Hall–Kier alpha value is -1.98. The first kappa shape index (κ1) is 15.1. The van der Waals surface area contributed by atoms with Gasteiger partial charge in [-0.1, -0.05) is 0 Å². The molecule has 6 nitrogen and oxygen atoms in total. The Morgan fingerprint density at radius 3 is 2.74 bits per heavy atom. The molecule has 19 heavy (non-hydrogen) atoms. The largest absolute Gasteiger partial charge is 0.481 e. The molecule has 1 aromatic heterocycles. The fourth-order valence-electron chi connectivity index (χ4n) is 1.67. The summed E-state index contributed by atoms with van der Waals surface area (Å²) in [6.45, 7) is 4.54. The van der Waals surface area contributed by atoms with Crippen molar-refractivity contribution in [1.82, 2.24) is 10.2 Å². The third-order valence-electron chi connectivity index (χ3n) is 2.67. The molecule has 2 amide bonds. The third-order valence-corrected chi connectivity index (χ3v) is 2.67. The number of carbonyl (C=O) groups is 2. The Balaban J connectivity index is 2.41. The number of carboxylic acid groups (broad SMARTS) is 1. The molecule has 0 bridgehead atoms. The molecule has 0 saturated carbocycles. The smallest absolute Gasteiger partial charge is 0.318 e. The van der Waals surface area contributed by atoms with E-state index in [2.05, 4.69) is 5.32 Å². The van der Waals surface area contributed by atoms with Crippen LogP contribution in [0.5, 0.6) is 0 Å². The molecule has 0 radical (unpaired) electrons. The number of carboxylic acids is 1. The van der Waals surface area contributed by atoms with Crippen LogP contribution < -0.4 is 5.32 Å². The molecule has 0 spiro atoms. The summed E-state index contributed by atoms with van der Waals surface area (Å²) in [6, 6.07) is 3.35. The van der Waals surface area contributed by atoms with E-state index in [0.717, 1.165) is 0 Å². The molecule has 1 rings (SSSR count). The summed E-state index contributed by atoms with van der Waals surface area (Å²) in [5.74, 6) is -0.165. The predicted octanol–water partition coefficient (Wildman–Crippen LogP) is 2.06. The van der Waals surface area contributed by atoms with Crippen LogP contribution in [0.3, 0.4) is 0 Å². The van der Waals surface area contributed by atoms with E-state index in [4.69, 9.17) is 9.52 Å². The lowest BCUT2D eigenvalue weighted by molar-refractivity contribution is -0.137. The fraction of sp³-hybridized carbons (Fsp3) is 0.538. The van der Waals surface area contributed by atoms with Crippen molar-refractivity contribution in [2.45, 2.75) is 39.3 Å². The van der Waals surface area contributed by atoms with E-state index in [9.17, 15) is 9.59 Å². The van der Waals surface area contributed by atoms with Gasteiger partial charge in [0.05, 0.1) is 12.8 Å². The molecule has 2 N–H and O–H groups in total. The van der Waals surface area contributed by atoms with Crippen molar-refractivity contribution in [3.63, 3.8) is 0 Å². The van der Waals surface area contributed by atoms with E-state index >= 15 is 0 Å². The number of amides is 2. The second-order valence-electron chi connectivity index (χ2n) is 4.52. The zero-order valence-electron chi connectivity index (χ0n) is 11.3. The SMILES string of the molecule is CC(C)N(CCCC(=O)O)C(=O)NCc1ccco1. The van der Waals surface area contributed by atoms with Crippen LogP contribution in [0.4, 0.5) is 4.79 Å². The van der Waals surface area contributed by atoms with Gasteiger partial charge in [-0.25, -0.2) is 4.79 Å². The summed E-state index contributed by atoms with van der Waals surface area (Å²) in [5, 5.41) is 11.4. The van der Waals surface area contributed by atoms with E-state index in [1.807, 2.05) is 13.8 Å². The second kappa shape index (κ2) is 7.45. The Bertz CT molecular complexity index is 401. The van der Waals surface area contributed by atoms with Gasteiger partial charge in [0, 0.05) is 19.0 Å². The number of rotatable bonds is 7. The maximum Gasteiger partial charge on any atom is 0.318 e. The molecule has 0 aliphatic carbocycles. The van der Waals surface area contributed by atoms with Gasteiger partial charge in [-0.2, -0.15) is 0 Å². The molecule has 106 valence electrons. The molecule has 0 aliphatic rings. The second-order valence-corrected chi connectivity index (χ2v) is 4.52. The lowest BCUT2D eigenvalue weighted by Crippen LogP contribution is -2.44. The van der Waals surface area contributed by atoms with Crippen LogP contribution in [0.2, 0.25) is 0 Å². The highest BCUT2D eigenvalue weighted by Gasteiger charge is 2.16. The highest BCUT2D eigenvalue weighted by atomic mass is 16.4. The summed E-state index contributed by atoms with van der Waals surface area (Å²) < 4.78 is 5.13. The summed E-state index contributed by atoms with van der Waals surface area (Å²) in [4.78, 5) is 24.1. The number of hydrogen-bond donors (Lipinski definition) is 2. The quantitative estimate of drug-likeness (QED) is 0.793. The highest BCUT2D eigenvalue weighted by molar-refractivity contribution is 5.74. The average Bonchev–Trinajstić information content (AvgIpc) is 2.84. The highest BCUT2D eigenvalue weighted by Crippen LogP contribution is 2.04. The summed E-state index contributed by atoms with van der Waals surface area (Å²) >= 11 is 0. The van der Waals surface area contributed by atoms with E-state index in [0.29, 0.717) is 25.3 Å². The van der Waals surface area contributed by atoms with Gasteiger partial charge in [0.15, 0.2) is 0 Å². The van der Waals surface area contributed by atoms with Crippen molar-refractivity contribution in [1.29, 1.82) is 0 Å². The van der Waals surface area contributed by atoms with Crippen molar-refractivity contribution >= 4 is 12.0 Å². The first-order valence-corrected chi connectivity index (χ1v) is 6.29. The van der Waals surface area contributed by atoms with Crippen LogP contribution in [0, 0.1) is 0 Å². The molecular weight excluding hydrogens is 248 g/mol. The Morgan fingerprint density at radius 1 is 1.47 bits per heavy atom. The van der Waals surface area contributed by atoms with Crippen LogP contribution in [0.1, 0.15) is 32.4 Å². The number of urea groups is 1. The van der Waals surface area contributed by atoms with Gasteiger partial charge in [-0.3, -0.25) is 4.79 Å². The minimum atomic E-state index is -0.848. The van der Waals surface area contributed by atoms with Gasteiger partial charge in [0.1, 0.15) is 5.76 Å². The topological polar surface area (TPSA) is 82.8 Å². The number of aliphatic carboxylic acids is 1. The predicted molar refractivity (Wildman–Crippen MR) is 69.7 cm³/mol. The summed E-state index contributed by atoms with van der Waals surface area (Å²) in [7, 11) is 0. The van der Waals surface area contributed by atoms with E-state index < -0.39 is 5.97 Å². The van der Waals surface area contributed by atoms with Crippen LogP contribution in [0.25, 0.3) is 0 Å². The van der Waals surface area contributed by atoms with Crippen molar-refractivity contribution < 1.29 is 19.1 Å². The maximum atomic E-state index is 12.0.